The summed E-state index contributed by atoms with van der Waals surface area (Å²) in [5, 5.41) is 5.46. The third-order valence-corrected chi connectivity index (χ3v) is 3.74. The fourth-order valence-electron chi connectivity index (χ4n) is 1.37. The molecule has 1 aromatic carbocycles. The van der Waals surface area contributed by atoms with Gasteiger partial charge in [0.25, 0.3) is 0 Å². The first-order valence-electron chi connectivity index (χ1n) is 5.32. The summed E-state index contributed by atoms with van der Waals surface area (Å²) in [6.07, 6.45) is 0.138. The van der Waals surface area contributed by atoms with Crippen LogP contribution in [0.15, 0.2) is 28.1 Å². The van der Waals surface area contributed by atoms with Crippen LogP contribution in [-0.2, 0) is 16.0 Å². The predicted molar refractivity (Wildman–Crippen MR) is 75.2 cm³/mol. The molecule has 0 radical (unpaired) electrons. The Morgan fingerprint density at radius 2 is 2.37 bits per heavy atom. The van der Waals surface area contributed by atoms with Crippen molar-refractivity contribution in [3.05, 3.63) is 39.6 Å². The van der Waals surface area contributed by atoms with Gasteiger partial charge in [-0.2, -0.15) is 0 Å². The topological polar surface area (TPSA) is 51.2 Å². The number of nitrogens with one attached hydrogen (secondary N) is 1. The van der Waals surface area contributed by atoms with Crippen LogP contribution in [0.5, 0.6) is 0 Å². The highest BCUT2D eigenvalue weighted by atomic mass is 79.9. The van der Waals surface area contributed by atoms with E-state index in [9.17, 15) is 9.18 Å². The number of benzene rings is 1. The summed E-state index contributed by atoms with van der Waals surface area (Å²) >= 11 is 4.63. The van der Waals surface area contributed by atoms with E-state index in [0.717, 1.165) is 0 Å². The van der Waals surface area contributed by atoms with Gasteiger partial charge >= 0.3 is 5.97 Å². The maximum absolute atomic E-state index is 13.0. The number of rotatable bonds is 4. The van der Waals surface area contributed by atoms with Crippen molar-refractivity contribution in [3.63, 3.8) is 0 Å². The monoisotopic (exact) mass is 344 g/mol. The van der Waals surface area contributed by atoms with E-state index >= 15 is 0 Å². The Morgan fingerprint density at radius 1 is 1.58 bits per heavy atom. The summed E-state index contributed by atoms with van der Waals surface area (Å²) in [4.78, 5) is 15.4. The molecule has 0 aliphatic rings. The number of carbonyl (C=O) groups is 1. The molecule has 0 aliphatic carbocycles. The molecule has 7 heteroatoms. The average Bonchev–Trinajstić information content (AvgIpc) is 2.80. The Hall–Kier alpha value is -1.47. The lowest BCUT2D eigenvalue weighted by molar-refractivity contribution is -0.139. The lowest BCUT2D eigenvalue weighted by Crippen LogP contribution is -2.04. The van der Waals surface area contributed by atoms with Crippen molar-refractivity contribution in [1.29, 1.82) is 0 Å². The Labute approximate surface area is 121 Å². The lowest BCUT2D eigenvalue weighted by Gasteiger charge is -2.04. The minimum absolute atomic E-state index is 0.138. The van der Waals surface area contributed by atoms with Crippen molar-refractivity contribution in [2.24, 2.45) is 0 Å². The first kappa shape index (κ1) is 14.0. The number of hydrogen-bond acceptors (Lipinski definition) is 5. The zero-order chi connectivity index (χ0) is 13.8. The molecule has 0 fully saturated rings. The van der Waals surface area contributed by atoms with Gasteiger partial charge in [0.15, 0.2) is 5.13 Å². The highest BCUT2D eigenvalue weighted by Gasteiger charge is 2.09. The molecule has 0 saturated heterocycles. The van der Waals surface area contributed by atoms with E-state index in [4.69, 9.17) is 0 Å². The van der Waals surface area contributed by atoms with Crippen LogP contribution < -0.4 is 5.32 Å². The highest BCUT2D eigenvalue weighted by Crippen LogP contribution is 2.28. The number of thiazole rings is 1. The van der Waals surface area contributed by atoms with Crippen molar-refractivity contribution in [2.45, 2.75) is 6.42 Å². The normalized spacial score (nSPS) is 10.3. The van der Waals surface area contributed by atoms with Crippen LogP contribution in [0.3, 0.4) is 0 Å². The maximum Gasteiger partial charge on any atom is 0.311 e. The quantitative estimate of drug-likeness (QED) is 0.862. The molecule has 0 amide bonds. The molecule has 0 saturated carbocycles. The summed E-state index contributed by atoms with van der Waals surface area (Å²) < 4.78 is 18.1. The summed E-state index contributed by atoms with van der Waals surface area (Å²) in [5.41, 5.74) is 1.35. The number of anilines is 2. The maximum atomic E-state index is 13.0. The van der Waals surface area contributed by atoms with Gasteiger partial charge in [-0.3, -0.25) is 4.79 Å². The minimum atomic E-state index is -0.334. The Kier molecular flexibility index (Phi) is 4.49. The Bertz CT molecular complexity index is 603. The number of hydrogen-bond donors (Lipinski definition) is 1. The van der Waals surface area contributed by atoms with Crippen LogP contribution >= 0.6 is 27.3 Å². The van der Waals surface area contributed by atoms with Gasteiger partial charge in [0.2, 0.25) is 0 Å². The van der Waals surface area contributed by atoms with Crippen LogP contribution in [0.2, 0.25) is 0 Å². The van der Waals surface area contributed by atoms with Gasteiger partial charge in [0, 0.05) is 9.85 Å². The predicted octanol–water partition coefficient (Wildman–Crippen LogP) is 3.50. The van der Waals surface area contributed by atoms with Gasteiger partial charge in [0.05, 0.1) is 24.9 Å². The number of nitrogens with zero attached hydrogens (tertiary/aromatic N) is 1. The number of carbonyl (C=O) groups excluding carboxylic acids is 1. The molecule has 1 heterocycles. The van der Waals surface area contributed by atoms with E-state index in [1.165, 1.54) is 30.6 Å². The molecule has 0 atom stereocenters. The van der Waals surface area contributed by atoms with Crippen molar-refractivity contribution in [1.82, 2.24) is 4.98 Å². The largest absolute Gasteiger partial charge is 0.469 e. The molecule has 2 rings (SSSR count). The molecular weight excluding hydrogens is 335 g/mol. The fraction of sp³-hybridized carbons (Fsp3) is 0.167. The van der Waals surface area contributed by atoms with Gasteiger partial charge in [-0.05, 0) is 34.1 Å². The Balaban J connectivity index is 2.09. The van der Waals surface area contributed by atoms with Gasteiger partial charge in [-0.15, -0.1) is 11.3 Å². The second kappa shape index (κ2) is 6.12. The Morgan fingerprint density at radius 3 is 3.05 bits per heavy atom. The molecule has 2 aromatic rings. The summed E-state index contributed by atoms with van der Waals surface area (Å²) in [6.45, 7) is 0. The van der Waals surface area contributed by atoms with E-state index in [1.807, 2.05) is 0 Å². The highest BCUT2D eigenvalue weighted by molar-refractivity contribution is 9.10. The van der Waals surface area contributed by atoms with E-state index < -0.39 is 0 Å². The number of esters is 1. The zero-order valence-corrected chi connectivity index (χ0v) is 12.3. The molecule has 100 valence electrons. The summed E-state index contributed by atoms with van der Waals surface area (Å²) in [5.74, 6) is -0.650. The van der Waals surface area contributed by atoms with Gasteiger partial charge in [-0.1, -0.05) is 0 Å². The lowest BCUT2D eigenvalue weighted by atomic mass is 10.3. The van der Waals surface area contributed by atoms with Crippen LogP contribution in [-0.4, -0.2) is 18.1 Å². The third-order valence-electron chi connectivity index (χ3n) is 2.28. The van der Waals surface area contributed by atoms with E-state index in [1.54, 1.807) is 11.4 Å². The molecule has 1 N–H and O–H groups in total. The second-order valence-electron chi connectivity index (χ2n) is 3.65. The smallest absolute Gasteiger partial charge is 0.311 e. The van der Waals surface area contributed by atoms with Crippen molar-refractivity contribution in [2.75, 3.05) is 12.4 Å². The molecule has 4 nitrogen and oxygen atoms in total. The molecule has 1 aromatic heterocycles. The van der Waals surface area contributed by atoms with Crippen LogP contribution in [0.1, 0.15) is 5.69 Å². The molecule has 0 spiro atoms. The second-order valence-corrected chi connectivity index (χ2v) is 5.36. The summed E-state index contributed by atoms with van der Waals surface area (Å²) in [6, 6.07) is 4.34. The van der Waals surface area contributed by atoms with E-state index in [0.29, 0.717) is 21.0 Å². The SMILES string of the molecule is COC(=O)Cc1csc(Nc2ccc(F)cc2Br)n1. The first-order valence-corrected chi connectivity index (χ1v) is 6.99. The molecule has 0 bridgehead atoms. The number of methoxy groups -OCH3 is 1. The van der Waals surface area contributed by atoms with Crippen molar-refractivity contribution >= 4 is 44.1 Å². The van der Waals surface area contributed by atoms with Crippen molar-refractivity contribution < 1.29 is 13.9 Å². The van der Waals surface area contributed by atoms with Gasteiger partial charge in [0.1, 0.15) is 5.82 Å². The minimum Gasteiger partial charge on any atom is -0.469 e. The standard InChI is InChI=1S/C12H10BrFN2O2S/c1-18-11(17)5-8-6-19-12(15-8)16-10-3-2-7(14)4-9(10)13/h2-4,6H,5H2,1H3,(H,15,16). The van der Waals surface area contributed by atoms with Crippen LogP contribution in [0.4, 0.5) is 15.2 Å². The molecule has 19 heavy (non-hydrogen) atoms. The fourth-order valence-corrected chi connectivity index (χ4v) is 2.54. The van der Waals surface area contributed by atoms with Crippen LogP contribution in [0.25, 0.3) is 0 Å². The molecule has 0 aliphatic heterocycles. The number of halogens is 2. The molecule has 0 unspecified atom stereocenters. The zero-order valence-electron chi connectivity index (χ0n) is 9.94. The van der Waals surface area contributed by atoms with E-state index in [2.05, 4.69) is 31.0 Å². The average molecular weight is 345 g/mol. The molecular formula is C12H10BrFN2O2S. The third kappa shape index (κ3) is 3.74. The summed E-state index contributed by atoms with van der Waals surface area (Å²) in [7, 11) is 1.34. The van der Waals surface area contributed by atoms with Crippen LogP contribution in [0, 0.1) is 5.82 Å². The number of aromatic nitrogens is 1. The van der Waals surface area contributed by atoms with Gasteiger partial charge < -0.3 is 10.1 Å². The number of ether oxygens (including phenoxy) is 1. The van der Waals surface area contributed by atoms with Gasteiger partial charge in [-0.25, -0.2) is 9.37 Å². The van der Waals surface area contributed by atoms with Crippen molar-refractivity contribution in [3.8, 4) is 0 Å². The first-order chi connectivity index (χ1) is 9.08. The van der Waals surface area contributed by atoms with E-state index in [-0.39, 0.29) is 18.2 Å².